The van der Waals surface area contributed by atoms with Gasteiger partial charge >= 0.3 is 13.1 Å². The van der Waals surface area contributed by atoms with Crippen LogP contribution in [-0.4, -0.2) is 63.2 Å². The van der Waals surface area contributed by atoms with Gasteiger partial charge in [0.1, 0.15) is 29.2 Å². The van der Waals surface area contributed by atoms with Gasteiger partial charge in [0.05, 0.1) is 31.3 Å². The Morgan fingerprint density at radius 2 is 2.21 bits per heavy atom. The summed E-state index contributed by atoms with van der Waals surface area (Å²) in [5, 5.41) is 19.7. The lowest BCUT2D eigenvalue weighted by Gasteiger charge is -2.40. The van der Waals surface area contributed by atoms with E-state index in [4.69, 9.17) is 15.1 Å². The number of H-pyrrole nitrogens is 1. The second-order valence-corrected chi connectivity index (χ2v) is 7.64. The number of ether oxygens (including phenoxy) is 1. The van der Waals surface area contributed by atoms with Crippen molar-refractivity contribution in [3.63, 3.8) is 0 Å². The first-order valence-corrected chi connectivity index (χ1v) is 9.38. The number of carboxylic acids is 1. The van der Waals surface area contributed by atoms with E-state index in [0.29, 0.717) is 18.8 Å². The first kappa shape index (κ1) is 18.0. The van der Waals surface area contributed by atoms with E-state index in [1.54, 1.807) is 17.0 Å². The van der Waals surface area contributed by atoms with Crippen LogP contribution < -0.4 is 15.1 Å². The number of nitrogens with zero attached hydrogens (tertiary/aromatic N) is 2. The van der Waals surface area contributed by atoms with Gasteiger partial charge in [-0.25, -0.2) is 9.78 Å². The van der Waals surface area contributed by atoms with Gasteiger partial charge in [-0.3, -0.25) is 4.79 Å². The number of rotatable bonds is 5. The summed E-state index contributed by atoms with van der Waals surface area (Å²) >= 11 is 0. The van der Waals surface area contributed by atoms with Gasteiger partial charge in [-0.15, -0.1) is 0 Å². The zero-order valence-electron chi connectivity index (χ0n) is 15.3. The van der Waals surface area contributed by atoms with Crippen molar-refractivity contribution in [2.75, 3.05) is 13.1 Å². The third kappa shape index (κ3) is 2.93. The normalized spacial score (nSPS) is 23.4. The second kappa shape index (κ2) is 6.50. The predicted molar refractivity (Wildman–Crippen MR) is 99.6 cm³/mol. The molecule has 5 rings (SSSR count). The summed E-state index contributed by atoms with van der Waals surface area (Å²) in [7, 11) is -0.998. The van der Waals surface area contributed by atoms with Gasteiger partial charge in [-0.05, 0) is 24.0 Å². The van der Waals surface area contributed by atoms with Crippen molar-refractivity contribution in [1.82, 2.24) is 14.9 Å². The third-order valence-corrected chi connectivity index (χ3v) is 5.78. The van der Waals surface area contributed by atoms with Crippen molar-refractivity contribution in [1.29, 1.82) is 0 Å². The highest BCUT2D eigenvalue weighted by Gasteiger charge is 2.54. The molecule has 29 heavy (non-hydrogen) atoms. The number of carboxylic acid groups (broad SMARTS) is 1. The van der Waals surface area contributed by atoms with E-state index in [1.165, 1.54) is 12.5 Å². The molecule has 0 spiro atoms. The number of nitrogens with one attached hydrogen (secondary N) is 1. The molecular formula is C18H19BN4O6. The molecule has 1 aromatic heterocycles. The Hall–Kier alpha value is -3.05. The van der Waals surface area contributed by atoms with Crippen LogP contribution in [-0.2, 0) is 4.79 Å². The summed E-state index contributed by atoms with van der Waals surface area (Å²) in [6.45, 7) is 0.593. The van der Waals surface area contributed by atoms with E-state index in [-0.39, 0.29) is 40.8 Å². The van der Waals surface area contributed by atoms with Crippen LogP contribution in [0.4, 0.5) is 0 Å². The summed E-state index contributed by atoms with van der Waals surface area (Å²) in [5.74, 6) is -0.948. The summed E-state index contributed by atoms with van der Waals surface area (Å²) in [5.41, 5.74) is 7.17. The quantitative estimate of drug-likeness (QED) is 0.519. The van der Waals surface area contributed by atoms with Gasteiger partial charge in [-0.1, -0.05) is 6.07 Å². The predicted octanol–water partition coefficient (Wildman–Crippen LogP) is 0.128. The van der Waals surface area contributed by atoms with Crippen molar-refractivity contribution in [2.45, 2.75) is 30.3 Å². The first-order chi connectivity index (χ1) is 13.9. The standard InChI is InChI=1S/C18H19BN4O6/c20-15(12-4-21-7-22-12)17(24)23-5-8(6-23)28-13-2-1-9-10-3-11(10)19(27)29-16(9)14(13)18(25)26/h1-2,4,7-8,10-11,15,27H,3,5-6,20H2,(H,21,22)(H,25,26)/t10-,11-,15+/m0/s1. The topological polar surface area (TPSA) is 151 Å². The van der Waals surface area contributed by atoms with Crippen LogP contribution in [0.1, 0.15) is 40.0 Å². The van der Waals surface area contributed by atoms with Crippen molar-refractivity contribution >= 4 is 19.0 Å². The Labute approximate surface area is 165 Å². The van der Waals surface area contributed by atoms with Crippen LogP contribution in [0.5, 0.6) is 11.5 Å². The number of aromatic carboxylic acids is 1. The number of nitrogens with two attached hydrogens (primary N) is 1. The molecule has 1 amide bonds. The minimum atomic E-state index is -1.18. The van der Waals surface area contributed by atoms with Gasteiger partial charge in [0.25, 0.3) is 0 Å². The monoisotopic (exact) mass is 398 g/mol. The van der Waals surface area contributed by atoms with Crippen LogP contribution in [0.3, 0.4) is 0 Å². The SMILES string of the molecule is N[C@@H](C(=O)N1CC(Oc2ccc3c(c2C(=O)O)OB(O)[C@H]2C[C@@H]32)C1)c1cnc[nH]1. The Bertz CT molecular complexity index is 977. The van der Waals surface area contributed by atoms with Crippen molar-refractivity contribution in [3.8, 4) is 11.5 Å². The number of carbonyl (C=O) groups excluding carboxylic acids is 1. The van der Waals surface area contributed by atoms with Crippen LogP contribution >= 0.6 is 0 Å². The fourth-order valence-corrected chi connectivity index (χ4v) is 4.03. The smallest absolute Gasteiger partial charge is 0.526 e. The van der Waals surface area contributed by atoms with Crippen molar-refractivity contribution < 1.29 is 29.1 Å². The molecule has 1 saturated heterocycles. The van der Waals surface area contributed by atoms with Gasteiger partial charge in [0.2, 0.25) is 5.91 Å². The molecule has 5 N–H and O–H groups in total. The number of carbonyl (C=O) groups is 2. The number of imidazole rings is 1. The van der Waals surface area contributed by atoms with Crippen molar-refractivity contribution in [2.24, 2.45) is 5.73 Å². The van der Waals surface area contributed by atoms with E-state index in [0.717, 1.165) is 12.0 Å². The fourth-order valence-electron chi connectivity index (χ4n) is 4.03. The molecule has 150 valence electrons. The lowest BCUT2D eigenvalue weighted by Crippen LogP contribution is -2.58. The molecule has 0 radical (unpaired) electrons. The van der Waals surface area contributed by atoms with Crippen LogP contribution in [0, 0.1) is 0 Å². The van der Waals surface area contributed by atoms with Crippen molar-refractivity contribution in [3.05, 3.63) is 41.5 Å². The molecule has 3 aliphatic rings. The average Bonchev–Trinajstić information content (AvgIpc) is 3.29. The van der Waals surface area contributed by atoms with E-state index in [9.17, 15) is 19.7 Å². The number of aromatic nitrogens is 2. The summed E-state index contributed by atoms with van der Waals surface area (Å²) in [4.78, 5) is 32.5. The Morgan fingerprint density at radius 1 is 1.41 bits per heavy atom. The molecule has 1 aliphatic carbocycles. The number of amides is 1. The van der Waals surface area contributed by atoms with Gasteiger partial charge in [-0.2, -0.15) is 0 Å². The average molecular weight is 398 g/mol. The molecule has 2 aromatic rings. The largest absolute Gasteiger partial charge is 0.535 e. The molecular weight excluding hydrogens is 379 g/mol. The highest BCUT2D eigenvalue weighted by atomic mass is 16.5. The maximum Gasteiger partial charge on any atom is 0.526 e. The zero-order chi connectivity index (χ0) is 20.3. The highest BCUT2D eigenvalue weighted by molar-refractivity contribution is 6.48. The van der Waals surface area contributed by atoms with Crippen LogP contribution in [0.15, 0.2) is 24.7 Å². The maximum absolute atomic E-state index is 12.4. The molecule has 2 fully saturated rings. The molecule has 10 nitrogen and oxygen atoms in total. The summed E-state index contributed by atoms with van der Waals surface area (Å²) in [6, 6.07) is 2.58. The molecule has 0 unspecified atom stereocenters. The second-order valence-electron chi connectivity index (χ2n) is 7.64. The lowest BCUT2D eigenvalue weighted by atomic mass is 9.77. The number of fused-ring (bicyclic) bond motifs is 3. The fraction of sp³-hybridized carbons (Fsp3) is 0.389. The Kier molecular flexibility index (Phi) is 4.03. The van der Waals surface area contributed by atoms with Crippen LogP contribution in [0.2, 0.25) is 5.82 Å². The Morgan fingerprint density at radius 3 is 2.90 bits per heavy atom. The maximum atomic E-state index is 12.4. The van der Waals surface area contributed by atoms with Gasteiger partial charge in [0.15, 0.2) is 0 Å². The van der Waals surface area contributed by atoms with E-state index >= 15 is 0 Å². The highest BCUT2D eigenvalue weighted by Crippen LogP contribution is 2.60. The number of likely N-dealkylation sites (tertiary alicyclic amines) is 1. The molecule has 1 saturated carbocycles. The van der Waals surface area contributed by atoms with E-state index in [1.807, 2.05) is 0 Å². The molecule has 2 aliphatic heterocycles. The molecule has 0 bridgehead atoms. The Balaban J connectivity index is 1.29. The first-order valence-electron chi connectivity index (χ1n) is 9.38. The number of hydrogen-bond donors (Lipinski definition) is 4. The third-order valence-electron chi connectivity index (χ3n) is 5.78. The molecule has 3 heterocycles. The summed E-state index contributed by atoms with van der Waals surface area (Å²) in [6.07, 6.45) is 3.38. The minimum absolute atomic E-state index is 0.0289. The van der Waals surface area contributed by atoms with E-state index < -0.39 is 19.1 Å². The number of aromatic amines is 1. The number of benzene rings is 1. The minimum Gasteiger partial charge on any atom is -0.535 e. The van der Waals surface area contributed by atoms with Gasteiger partial charge < -0.3 is 35.1 Å². The number of hydrogen-bond acceptors (Lipinski definition) is 7. The lowest BCUT2D eigenvalue weighted by molar-refractivity contribution is -0.141. The van der Waals surface area contributed by atoms with E-state index in [2.05, 4.69) is 9.97 Å². The van der Waals surface area contributed by atoms with Crippen LogP contribution in [0.25, 0.3) is 0 Å². The van der Waals surface area contributed by atoms with Gasteiger partial charge in [0, 0.05) is 5.82 Å². The zero-order valence-corrected chi connectivity index (χ0v) is 15.3. The molecule has 1 aromatic carbocycles. The summed E-state index contributed by atoms with van der Waals surface area (Å²) < 4.78 is 11.3. The molecule has 11 heteroatoms. The molecule has 3 atom stereocenters.